The maximum atomic E-state index is 10.3. The maximum Gasteiger partial charge on any atom is 0.333 e. The summed E-state index contributed by atoms with van der Waals surface area (Å²) in [5.74, 6) is -4.48. The Balaban J connectivity index is 4.28. The summed E-state index contributed by atoms with van der Waals surface area (Å²) in [6.45, 7) is -0.471. The molecule has 0 aliphatic heterocycles. The highest BCUT2D eigenvalue weighted by Crippen LogP contribution is 2.09. The van der Waals surface area contributed by atoms with E-state index in [2.05, 4.69) is 0 Å². The Bertz CT molecular complexity index is 177. The van der Waals surface area contributed by atoms with E-state index in [1.807, 2.05) is 0 Å². The van der Waals surface area contributed by atoms with E-state index in [1.54, 1.807) is 0 Å². The highest BCUT2D eigenvalue weighted by molar-refractivity contribution is 5.81. The smallest absolute Gasteiger partial charge is 0.333 e. The van der Waals surface area contributed by atoms with Crippen LogP contribution < -0.4 is 0 Å². The first-order valence-corrected chi connectivity index (χ1v) is 3.25. The van der Waals surface area contributed by atoms with Gasteiger partial charge in [0, 0.05) is 6.61 Å². The molecular weight excluding hydrogens is 168 g/mol. The summed E-state index contributed by atoms with van der Waals surface area (Å²) < 4.78 is 0. The van der Waals surface area contributed by atoms with Crippen LogP contribution in [0.4, 0.5) is 0 Å². The molecule has 12 heavy (non-hydrogen) atoms. The van der Waals surface area contributed by atoms with Crippen LogP contribution in [0.2, 0.25) is 0 Å². The minimum absolute atomic E-state index is 0.275. The first kappa shape index (κ1) is 10.9. The highest BCUT2D eigenvalue weighted by atomic mass is 16.4. The topological polar surface area (TPSA) is 115 Å². The fourth-order valence-electron chi connectivity index (χ4n) is 0.728. The summed E-state index contributed by atoms with van der Waals surface area (Å²) >= 11 is 0. The van der Waals surface area contributed by atoms with Gasteiger partial charge in [-0.25, -0.2) is 4.79 Å². The van der Waals surface area contributed by atoms with E-state index in [9.17, 15) is 9.59 Å². The molecule has 6 nitrogen and oxygen atoms in total. The largest absolute Gasteiger partial charge is 0.481 e. The Labute approximate surface area is 68.1 Å². The van der Waals surface area contributed by atoms with E-state index in [0.29, 0.717) is 0 Å². The minimum Gasteiger partial charge on any atom is -0.481 e. The predicted octanol–water partition coefficient (Wildman–Crippen LogP) is -1.48. The van der Waals surface area contributed by atoms with Crippen molar-refractivity contribution < 1.29 is 30.0 Å². The second kappa shape index (κ2) is 4.68. The Morgan fingerprint density at radius 3 is 1.92 bits per heavy atom. The fourth-order valence-corrected chi connectivity index (χ4v) is 0.728. The average Bonchev–Trinajstić information content (AvgIpc) is 1.98. The van der Waals surface area contributed by atoms with Gasteiger partial charge in [-0.05, 0) is 6.42 Å². The van der Waals surface area contributed by atoms with Crippen LogP contribution in [0.15, 0.2) is 0 Å². The number of aliphatic hydroxyl groups is 2. The third-order valence-corrected chi connectivity index (χ3v) is 1.39. The Morgan fingerprint density at radius 1 is 1.17 bits per heavy atom. The van der Waals surface area contributed by atoms with Crippen molar-refractivity contribution in [3.05, 3.63) is 0 Å². The summed E-state index contributed by atoms with van der Waals surface area (Å²) in [4.78, 5) is 20.4. The predicted molar refractivity (Wildman–Crippen MR) is 36.5 cm³/mol. The average molecular weight is 178 g/mol. The van der Waals surface area contributed by atoms with Crippen molar-refractivity contribution in [2.45, 2.75) is 12.5 Å². The number of hydrogen-bond acceptors (Lipinski definition) is 4. The van der Waals surface area contributed by atoms with Gasteiger partial charge in [-0.15, -0.1) is 0 Å². The van der Waals surface area contributed by atoms with Crippen LogP contribution in [-0.2, 0) is 9.59 Å². The molecule has 0 bridgehead atoms. The van der Waals surface area contributed by atoms with Crippen molar-refractivity contribution >= 4 is 11.9 Å². The van der Waals surface area contributed by atoms with Crippen molar-refractivity contribution in [1.29, 1.82) is 0 Å². The first-order chi connectivity index (χ1) is 5.50. The molecule has 0 saturated heterocycles. The molecule has 0 aliphatic rings. The second-order valence-corrected chi connectivity index (χ2v) is 2.24. The van der Waals surface area contributed by atoms with Gasteiger partial charge in [0.1, 0.15) is 0 Å². The molecule has 2 atom stereocenters. The summed E-state index contributed by atoms with van der Waals surface area (Å²) in [6.07, 6.45) is -2.24. The molecule has 4 N–H and O–H groups in total. The van der Waals surface area contributed by atoms with Gasteiger partial charge in [-0.2, -0.15) is 0 Å². The lowest BCUT2D eigenvalue weighted by atomic mass is 9.99. The van der Waals surface area contributed by atoms with Gasteiger partial charge < -0.3 is 20.4 Å². The monoisotopic (exact) mass is 178 g/mol. The molecular formula is C6H10O6. The van der Waals surface area contributed by atoms with Crippen molar-refractivity contribution in [2.75, 3.05) is 6.61 Å². The van der Waals surface area contributed by atoms with E-state index in [-0.39, 0.29) is 6.42 Å². The van der Waals surface area contributed by atoms with E-state index in [0.717, 1.165) is 0 Å². The van der Waals surface area contributed by atoms with Crippen LogP contribution in [0.25, 0.3) is 0 Å². The SMILES string of the molecule is O=C(O)C(O)C(CCO)C(=O)O. The molecule has 0 spiro atoms. The Morgan fingerprint density at radius 2 is 1.67 bits per heavy atom. The van der Waals surface area contributed by atoms with Crippen LogP contribution in [-0.4, -0.2) is 45.1 Å². The maximum absolute atomic E-state index is 10.3. The lowest BCUT2D eigenvalue weighted by molar-refractivity contribution is -0.160. The third kappa shape index (κ3) is 2.85. The minimum atomic E-state index is -1.96. The molecule has 0 aliphatic carbocycles. The molecule has 0 fully saturated rings. The molecule has 0 rings (SSSR count). The number of aliphatic hydroxyl groups excluding tert-OH is 2. The van der Waals surface area contributed by atoms with Crippen molar-refractivity contribution in [3.63, 3.8) is 0 Å². The molecule has 2 unspecified atom stereocenters. The van der Waals surface area contributed by atoms with Gasteiger partial charge in [0.05, 0.1) is 5.92 Å². The molecule has 0 radical (unpaired) electrons. The molecule has 0 saturated carbocycles. The van der Waals surface area contributed by atoms with Gasteiger partial charge >= 0.3 is 11.9 Å². The van der Waals surface area contributed by atoms with Gasteiger partial charge in [-0.3, -0.25) is 4.79 Å². The van der Waals surface area contributed by atoms with Crippen molar-refractivity contribution in [1.82, 2.24) is 0 Å². The van der Waals surface area contributed by atoms with E-state index in [1.165, 1.54) is 0 Å². The summed E-state index contributed by atoms with van der Waals surface area (Å²) in [6, 6.07) is 0. The van der Waals surface area contributed by atoms with Gasteiger partial charge in [0.25, 0.3) is 0 Å². The molecule has 70 valence electrons. The van der Waals surface area contributed by atoms with E-state index < -0.39 is 30.6 Å². The Hall–Kier alpha value is -1.14. The highest BCUT2D eigenvalue weighted by Gasteiger charge is 2.31. The number of hydrogen-bond donors (Lipinski definition) is 4. The molecule has 6 heteroatoms. The first-order valence-electron chi connectivity index (χ1n) is 3.25. The van der Waals surface area contributed by atoms with Crippen LogP contribution >= 0.6 is 0 Å². The number of carbonyl (C=O) groups is 2. The van der Waals surface area contributed by atoms with Gasteiger partial charge in [0.2, 0.25) is 0 Å². The number of carboxylic acid groups (broad SMARTS) is 2. The lowest BCUT2D eigenvalue weighted by Gasteiger charge is -2.13. The molecule has 0 heterocycles. The Kier molecular flexibility index (Phi) is 4.24. The lowest BCUT2D eigenvalue weighted by Crippen LogP contribution is -2.35. The van der Waals surface area contributed by atoms with Crippen LogP contribution in [0.5, 0.6) is 0 Å². The molecule has 0 aromatic carbocycles. The van der Waals surface area contributed by atoms with E-state index in [4.69, 9.17) is 20.4 Å². The molecule has 0 amide bonds. The zero-order chi connectivity index (χ0) is 9.72. The second-order valence-electron chi connectivity index (χ2n) is 2.24. The zero-order valence-corrected chi connectivity index (χ0v) is 6.17. The van der Waals surface area contributed by atoms with Crippen LogP contribution in [0.1, 0.15) is 6.42 Å². The van der Waals surface area contributed by atoms with Crippen molar-refractivity contribution in [2.24, 2.45) is 5.92 Å². The number of rotatable bonds is 5. The number of carboxylic acids is 2. The van der Waals surface area contributed by atoms with Gasteiger partial charge in [-0.1, -0.05) is 0 Å². The quantitative estimate of drug-likeness (QED) is 0.408. The van der Waals surface area contributed by atoms with E-state index >= 15 is 0 Å². The zero-order valence-electron chi connectivity index (χ0n) is 6.17. The third-order valence-electron chi connectivity index (χ3n) is 1.39. The molecule has 0 aromatic heterocycles. The summed E-state index contributed by atoms with van der Waals surface area (Å²) in [5, 5.41) is 33.8. The normalized spacial score (nSPS) is 15.2. The van der Waals surface area contributed by atoms with Gasteiger partial charge in [0.15, 0.2) is 6.10 Å². The standard InChI is InChI=1S/C6H10O6/c7-2-1-3(5(9)10)4(8)6(11)12/h3-4,7-8H,1-2H2,(H,9,10)(H,11,12). The van der Waals surface area contributed by atoms with Crippen LogP contribution in [0.3, 0.4) is 0 Å². The molecule has 0 aromatic rings. The fraction of sp³-hybridized carbons (Fsp3) is 0.667. The van der Waals surface area contributed by atoms with Crippen molar-refractivity contribution in [3.8, 4) is 0 Å². The number of aliphatic carboxylic acids is 2. The summed E-state index contributed by atoms with van der Waals surface area (Å²) in [7, 11) is 0. The summed E-state index contributed by atoms with van der Waals surface area (Å²) in [5.41, 5.74) is 0. The van der Waals surface area contributed by atoms with Crippen LogP contribution in [0, 0.1) is 5.92 Å².